The lowest BCUT2D eigenvalue weighted by molar-refractivity contribution is 0.283. The third kappa shape index (κ3) is 8.22. The number of anilines is 1. The summed E-state index contributed by atoms with van der Waals surface area (Å²) in [6.45, 7) is 23.4. The molecule has 3 aromatic rings. The molecule has 0 aromatic heterocycles. The van der Waals surface area contributed by atoms with Crippen LogP contribution < -0.4 is 5.01 Å². The highest BCUT2D eigenvalue weighted by Gasteiger charge is 2.31. The maximum atomic E-state index is 5.11. The number of rotatable bonds is 8. The molecule has 0 fully saturated rings. The van der Waals surface area contributed by atoms with E-state index in [4.69, 9.17) is 5.10 Å². The average Bonchev–Trinajstić information content (AvgIpc) is 3.30. The van der Waals surface area contributed by atoms with Gasteiger partial charge < -0.3 is 0 Å². The lowest BCUT2D eigenvalue weighted by Crippen LogP contribution is -2.25. The van der Waals surface area contributed by atoms with Gasteiger partial charge in [-0.1, -0.05) is 142 Å². The summed E-state index contributed by atoms with van der Waals surface area (Å²) in [4.78, 5) is 0. The minimum absolute atomic E-state index is 0.132. The van der Waals surface area contributed by atoms with Crippen molar-refractivity contribution < 1.29 is 0 Å². The molecule has 41 heavy (non-hydrogen) atoms. The molecule has 1 heterocycles. The maximum absolute atomic E-state index is 5.11. The Morgan fingerprint density at radius 1 is 0.634 bits per heavy atom. The van der Waals surface area contributed by atoms with Crippen molar-refractivity contribution in [2.45, 2.75) is 105 Å². The Labute approximate surface area is 250 Å². The van der Waals surface area contributed by atoms with E-state index in [-0.39, 0.29) is 22.3 Å². The van der Waals surface area contributed by atoms with Crippen LogP contribution in [0.4, 0.5) is 5.69 Å². The first-order chi connectivity index (χ1) is 19.0. The Kier molecular flexibility index (Phi) is 8.74. The Balaban J connectivity index is 1.54. The third-order valence-electron chi connectivity index (χ3n) is 8.14. The average molecular weight is 549 g/mol. The fourth-order valence-corrected chi connectivity index (χ4v) is 6.96. The van der Waals surface area contributed by atoms with Gasteiger partial charge in [-0.2, -0.15) is 5.10 Å². The molecule has 0 saturated heterocycles. The van der Waals surface area contributed by atoms with Gasteiger partial charge in [0.15, 0.2) is 0 Å². The predicted molar refractivity (Wildman–Crippen MR) is 180 cm³/mol. The molecule has 2 heteroatoms. The number of hydrazone groups is 1. The maximum Gasteiger partial charge on any atom is 0.0831 e. The van der Waals surface area contributed by atoms with E-state index < -0.39 is 0 Å². The Bertz CT molecular complexity index is 1340. The lowest BCUT2D eigenvalue weighted by Gasteiger charge is -2.33. The SMILES string of the molecule is CC(C)(C)CC(C)(C)c1ccc(C=CC2=NN(c3ccccc3)C(c3ccc(C(C)(C)CC(C)(C)C)cc3)C2)cc1. The Morgan fingerprint density at radius 2 is 1.12 bits per heavy atom. The summed E-state index contributed by atoms with van der Waals surface area (Å²) >= 11 is 0. The molecule has 0 spiro atoms. The molecule has 0 amide bonds. The quantitative estimate of drug-likeness (QED) is 0.273. The molecule has 4 rings (SSSR count). The van der Waals surface area contributed by atoms with Crippen LogP contribution in [0.15, 0.2) is 90.0 Å². The van der Waals surface area contributed by atoms with E-state index in [2.05, 4.69) is 165 Å². The molecule has 0 bridgehead atoms. The first-order valence-electron chi connectivity index (χ1n) is 15.3. The standard InChI is InChI=1S/C39H52N2/c1-36(2,3)27-38(7,8)31-21-16-29(17-22-31)18-25-33-26-35(41(40-33)34-14-12-11-13-15-34)30-19-23-32(24-20-30)39(9,10)28-37(4,5)6/h11-25,35H,26-28H2,1-10H3. The molecule has 0 aliphatic carbocycles. The zero-order valence-electron chi connectivity index (χ0n) is 27.3. The Hall–Kier alpha value is -3.13. The van der Waals surface area contributed by atoms with E-state index in [1.54, 1.807) is 0 Å². The van der Waals surface area contributed by atoms with Crippen molar-refractivity contribution >= 4 is 17.5 Å². The lowest BCUT2D eigenvalue weighted by atomic mass is 9.72. The summed E-state index contributed by atoms with van der Waals surface area (Å²) in [5, 5.41) is 7.31. The molecule has 0 N–H and O–H groups in total. The van der Waals surface area contributed by atoms with E-state index >= 15 is 0 Å². The molecule has 3 aromatic carbocycles. The second-order valence-electron chi connectivity index (χ2n) is 15.8. The van der Waals surface area contributed by atoms with Crippen molar-refractivity contribution in [1.29, 1.82) is 0 Å². The van der Waals surface area contributed by atoms with Crippen molar-refractivity contribution in [1.82, 2.24) is 0 Å². The highest BCUT2D eigenvalue weighted by Crippen LogP contribution is 2.40. The molecule has 2 nitrogen and oxygen atoms in total. The van der Waals surface area contributed by atoms with Gasteiger partial charge >= 0.3 is 0 Å². The fourth-order valence-electron chi connectivity index (χ4n) is 6.96. The summed E-state index contributed by atoms with van der Waals surface area (Å²) in [5.41, 5.74) is 8.41. The van der Waals surface area contributed by atoms with Crippen molar-refractivity contribution in [2.75, 3.05) is 5.01 Å². The molecular weight excluding hydrogens is 496 g/mol. The summed E-state index contributed by atoms with van der Waals surface area (Å²) in [7, 11) is 0. The number of allylic oxidation sites excluding steroid dienone is 1. The number of benzene rings is 3. The molecule has 1 unspecified atom stereocenters. The highest BCUT2D eigenvalue weighted by molar-refractivity contribution is 6.01. The van der Waals surface area contributed by atoms with E-state index in [0.717, 1.165) is 30.7 Å². The van der Waals surface area contributed by atoms with Crippen LogP contribution in [-0.4, -0.2) is 5.71 Å². The van der Waals surface area contributed by atoms with Gasteiger partial charge in [-0.15, -0.1) is 0 Å². The largest absolute Gasteiger partial charge is 0.257 e. The Morgan fingerprint density at radius 3 is 1.61 bits per heavy atom. The van der Waals surface area contributed by atoms with Gasteiger partial charge in [-0.25, -0.2) is 0 Å². The van der Waals surface area contributed by atoms with Gasteiger partial charge in [-0.3, -0.25) is 5.01 Å². The van der Waals surface area contributed by atoms with Gasteiger partial charge in [0, 0.05) is 6.42 Å². The van der Waals surface area contributed by atoms with Crippen LogP contribution in [0, 0.1) is 10.8 Å². The van der Waals surface area contributed by atoms with Crippen LogP contribution in [0.2, 0.25) is 0 Å². The van der Waals surface area contributed by atoms with Crippen molar-refractivity contribution in [2.24, 2.45) is 15.9 Å². The van der Waals surface area contributed by atoms with E-state index in [1.807, 2.05) is 0 Å². The van der Waals surface area contributed by atoms with Gasteiger partial charge in [0.2, 0.25) is 0 Å². The van der Waals surface area contributed by atoms with E-state index in [1.165, 1.54) is 22.3 Å². The van der Waals surface area contributed by atoms with Crippen molar-refractivity contribution in [3.8, 4) is 0 Å². The first-order valence-corrected chi connectivity index (χ1v) is 15.3. The topological polar surface area (TPSA) is 15.6 Å². The van der Waals surface area contributed by atoms with E-state index in [0.29, 0.717) is 5.41 Å². The summed E-state index contributed by atoms with van der Waals surface area (Å²) in [6.07, 6.45) is 7.59. The summed E-state index contributed by atoms with van der Waals surface area (Å²) < 4.78 is 0. The molecule has 0 radical (unpaired) electrons. The molecule has 0 saturated carbocycles. The third-order valence-corrected chi connectivity index (χ3v) is 8.14. The molecular formula is C39H52N2. The normalized spacial score (nSPS) is 16.9. The second-order valence-corrected chi connectivity index (χ2v) is 15.8. The fraction of sp³-hybridized carbons (Fsp3) is 0.462. The summed E-state index contributed by atoms with van der Waals surface area (Å²) in [5.74, 6) is 0. The molecule has 1 atom stereocenters. The monoisotopic (exact) mass is 548 g/mol. The van der Waals surface area contributed by atoms with Crippen LogP contribution in [-0.2, 0) is 10.8 Å². The van der Waals surface area contributed by atoms with Crippen LogP contribution in [0.3, 0.4) is 0 Å². The smallest absolute Gasteiger partial charge is 0.0831 e. The number of nitrogens with zero attached hydrogens (tertiary/aromatic N) is 2. The van der Waals surface area contributed by atoms with Crippen LogP contribution in [0.5, 0.6) is 0 Å². The van der Waals surface area contributed by atoms with Crippen molar-refractivity contribution in [3.05, 3.63) is 107 Å². The minimum atomic E-state index is 0.132. The molecule has 218 valence electrons. The van der Waals surface area contributed by atoms with Crippen LogP contribution >= 0.6 is 0 Å². The van der Waals surface area contributed by atoms with Crippen LogP contribution in [0.25, 0.3) is 6.08 Å². The first kappa shape index (κ1) is 30.8. The second kappa shape index (κ2) is 11.6. The van der Waals surface area contributed by atoms with E-state index in [9.17, 15) is 0 Å². The zero-order chi connectivity index (χ0) is 30.1. The van der Waals surface area contributed by atoms with Crippen molar-refractivity contribution in [3.63, 3.8) is 0 Å². The minimum Gasteiger partial charge on any atom is -0.257 e. The summed E-state index contributed by atoms with van der Waals surface area (Å²) in [6, 6.07) is 29.1. The number of hydrogen-bond donors (Lipinski definition) is 0. The van der Waals surface area contributed by atoms with Gasteiger partial charge in [0.1, 0.15) is 0 Å². The molecule has 1 aliphatic heterocycles. The van der Waals surface area contributed by atoms with Gasteiger partial charge in [0.25, 0.3) is 0 Å². The van der Waals surface area contributed by atoms with Crippen LogP contribution in [0.1, 0.15) is 117 Å². The predicted octanol–water partition coefficient (Wildman–Crippen LogP) is 11.1. The number of para-hydroxylation sites is 1. The van der Waals surface area contributed by atoms with Gasteiger partial charge in [-0.05, 0) is 75.0 Å². The molecule has 1 aliphatic rings. The highest BCUT2D eigenvalue weighted by atomic mass is 15.5. The number of hydrogen-bond acceptors (Lipinski definition) is 2. The zero-order valence-corrected chi connectivity index (χ0v) is 27.3. The van der Waals surface area contributed by atoms with Gasteiger partial charge in [0.05, 0.1) is 17.4 Å².